The van der Waals surface area contributed by atoms with Gasteiger partial charge in [0.05, 0.1) is 0 Å². The van der Waals surface area contributed by atoms with Crippen LogP contribution in [0.25, 0.3) is 0 Å². The standard InChI is InChI=1S/C18H31N3/c1-5-17(19)11-16-10-14(2)6-7-18(16)21(4)13-15-8-9-20(3)12-15/h6-7,10,15,17H,5,8-9,11-13,19H2,1-4H3. The van der Waals surface area contributed by atoms with Gasteiger partial charge in [-0.25, -0.2) is 0 Å². The molecule has 2 atom stereocenters. The maximum atomic E-state index is 6.18. The third-order valence-electron chi connectivity index (χ3n) is 4.67. The summed E-state index contributed by atoms with van der Waals surface area (Å²) >= 11 is 0. The van der Waals surface area contributed by atoms with E-state index in [1.165, 1.54) is 36.3 Å². The Morgan fingerprint density at radius 3 is 2.81 bits per heavy atom. The first-order valence-electron chi connectivity index (χ1n) is 8.24. The number of nitrogens with zero attached hydrogens (tertiary/aromatic N) is 2. The second-order valence-corrected chi connectivity index (χ2v) is 6.80. The van der Waals surface area contributed by atoms with Crippen LogP contribution in [0.3, 0.4) is 0 Å². The van der Waals surface area contributed by atoms with Crippen LogP contribution in [0.2, 0.25) is 0 Å². The van der Waals surface area contributed by atoms with Crippen molar-refractivity contribution in [1.29, 1.82) is 0 Å². The summed E-state index contributed by atoms with van der Waals surface area (Å²) < 4.78 is 0. The molecule has 0 aliphatic carbocycles. The summed E-state index contributed by atoms with van der Waals surface area (Å²) in [6, 6.07) is 7.05. The van der Waals surface area contributed by atoms with Gasteiger partial charge in [0.2, 0.25) is 0 Å². The van der Waals surface area contributed by atoms with E-state index in [0.29, 0.717) is 0 Å². The highest BCUT2D eigenvalue weighted by Crippen LogP contribution is 2.25. The molecule has 1 aliphatic heterocycles. The smallest absolute Gasteiger partial charge is 0.0397 e. The quantitative estimate of drug-likeness (QED) is 0.874. The van der Waals surface area contributed by atoms with Gasteiger partial charge in [-0.2, -0.15) is 0 Å². The SMILES string of the molecule is CCC(N)Cc1cc(C)ccc1N(C)CC1CCN(C)C1. The Morgan fingerprint density at radius 1 is 1.43 bits per heavy atom. The van der Waals surface area contributed by atoms with Crippen LogP contribution in [-0.2, 0) is 6.42 Å². The summed E-state index contributed by atoms with van der Waals surface area (Å²) in [6.07, 6.45) is 3.32. The van der Waals surface area contributed by atoms with E-state index in [2.05, 4.69) is 55.9 Å². The van der Waals surface area contributed by atoms with Crippen LogP contribution < -0.4 is 10.6 Å². The molecule has 118 valence electrons. The van der Waals surface area contributed by atoms with E-state index in [1.807, 2.05) is 0 Å². The highest BCUT2D eigenvalue weighted by Gasteiger charge is 2.21. The molecule has 2 N–H and O–H groups in total. The lowest BCUT2D eigenvalue weighted by molar-refractivity contribution is 0.396. The van der Waals surface area contributed by atoms with Crippen molar-refractivity contribution in [2.45, 2.75) is 39.2 Å². The molecule has 3 nitrogen and oxygen atoms in total. The van der Waals surface area contributed by atoms with Gasteiger partial charge in [0.15, 0.2) is 0 Å². The van der Waals surface area contributed by atoms with Crippen molar-refractivity contribution in [1.82, 2.24) is 4.90 Å². The fraction of sp³-hybridized carbons (Fsp3) is 0.667. The summed E-state index contributed by atoms with van der Waals surface area (Å²) in [5.74, 6) is 0.786. The Kier molecular flexibility index (Phi) is 5.65. The molecule has 0 amide bonds. The maximum Gasteiger partial charge on any atom is 0.0397 e. The molecular weight excluding hydrogens is 258 g/mol. The van der Waals surface area contributed by atoms with Crippen LogP contribution in [0.1, 0.15) is 30.9 Å². The lowest BCUT2D eigenvalue weighted by atomic mass is 9.99. The predicted molar refractivity (Wildman–Crippen MR) is 92.0 cm³/mol. The van der Waals surface area contributed by atoms with Crippen molar-refractivity contribution in [3.05, 3.63) is 29.3 Å². The maximum absolute atomic E-state index is 6.18. The number of likely N-dealkylation sites (tertiary alicyclic amines) is 1. The van der Waals surface area contributed by atoms with E-state index in [4.69, 9.17) is 5.73 Å². The minimum atomic E-state index is 0.261. The van der Waals surface area contributed by atoms with Crippen molar-refractivity contribution < 1.29 is 0 Å². The zero-order chi connectivity index (χ0) is 15.4. The van der Waals surface area contributed by atoms with Gasteiger partial charge in [-0.3, -0.25) is 0 Å². The molecule has 0 radical (unpaired) electrons. The molecule has 0 spiro atoms. The molecule has 1 saturated heterocycles. The summed E-state index contributed by atoms with van der Waals surface area (Å²) in [5, 5.41) is 0. The number of rotatable bonds is 6. The number of aryl methyl sites for hydroxylation is 1. The van der Waals surface area contributed by atoms with Crippen molar-refractivity contribution in [2.75, 3.05) is 38.6 Å². The van der Waals surface area contributed by atoms with Gasteiger partial charge < -0.3 is 15.5 Å². The number of benzene rings is 1. The molecule has 1 aromatic rings. The molecule has 3 heteroatoms. The minimum Gasteiger partial charge on any atom is -0.374 e. The van der Waals surface area contributed by atoms with Gasteiger partial charge in [-0.15, -0.1) is 0 Å². The Hall–Kier alpha value is -1.06. The van der Waals surface area contributed by atoms with Crippen LogP contribution in [0.4, 0.5) is 5.69 Å². The molecule has 1 heterocycles. The van der Waals surface area contributed by atoms with Gasteiger partial charge in [-0.1, -0.05) is 24.6 Å². The van der Waals surface area contributed by atoms with Crippen LogP contribution in [0, 0.1) is 12.8 Å². The van der Waals surface area contributed by atoms with E-state index >= 15 is 0 Å². The van der Waals surface area contributed by atoms with Gasteiger partial charge in [0, 0.05) is 31.9 Å². The van der Waals surface area contributed by atoms with E-state index < -0.39 is 0 Å². The molecular formula is C18H31N3. The molecule has 2 rings (SSSR count). The molecule has 0 saturated carbocycles. The summed E-state index contributed by atoms with van der Waals surface area (Å²) in [6.45, 7) is 7.93. The predicted octanol–water partition coefficient (Wildman–Crippen LogP) is 2.66. The number of anilines is 1. The van der Waals surface area contributed by atoms with Gasteiger partial charge >= 0.3 is 0 Å². The van der Waals surface area contributed by atoms with Crippen LogP contribution in [0.15, 0.2) is 18.2 Å². The molecule has 1 aliphatic rings. The van der Waals surface area contributed by atoms with E-state index in [0.717, 1.165) is 25.3 Å². The average Bonchev–Trinajstić information content (AvgIpc) is 2.84. The van der Waals surface area contributed by atoms with Gasteiger partial charge in [-0.05, 0) is 57.3 Å². The molecule has 0 bridgehead atoms. The fourth-order valence-electron chi connectivity index (χ4n) is 3.34. The van der Waals surface area contributed by atoms with Crippen molar-refractivity contribution in [3.8, 4) is 0 Å². The van der Waals surface area contributed by atoms with Gasteiger partial charge in [0.1, 0.15) is 0 Å². The zero-order valence-corrected chi connectivity index (χ0v) is 14.1. The van der Waals surface area contributed by atoms with E-state index in [-0.39, 0.29) is 6.04 Å². The third kappa shape index (κ3) is 4.45. The first-order chi connectivity index (χ1) is 9.99. The van der Waals surface area contributed by atoms with E-state index in [1.54, 1.807) is 0 Å². The van der Waals surface area contributed by atoms with Crippen LogP contribution in [0.5, 0.6) is 0 Å². The van der Waals surface area contributed by atoms with Crippen molar-refractivity contribution >= 4 is 5.69 Å². The lowest BCUT2D eigenvalue weighted by Gasteiger charge is -2.26. The Morgan fingerprint density at radius 2 is 2.19 bits per heavy atom. The number of nitrogens with two attached hydrogens (primary N) is 1. The molecule has 21 heavy (non-hydrogen) atoms. The van der Waals surface area contributed by atoms with Crippen LogP contribution in [-0.4, -0.2) is 44.7 Å². The highest BCUT2D eigenvalue weighted by atomic mass is 15.2. The Balaban J connectivity index is 2.09. The number of hydrogen-bond donors (Lipinski definition) is 1. The monoisotopic (exact) mass is 289 g/mol. The normalized spacial score (nSPS) is 20.7. The highest BCUT2D eigenvalue weighted by molar-refractivity contribution is 5.55. The molecule has 0 aromatic heterocycles. The third-order valence-corrected chi connectivity index (χ3v) is 4.67. The van der Waals surface area contributed by atoms with Gasteiger partial charge in [0.25, 0.3) is 0 Å². The summed E-state index contributed by atoms with van der Waals surface area (Å²) in [5.41, 5.74) is 10.3. The molecule has 1 fully saturated rings. The van der Waals surface area contributed by atoms with E-state index in [9.17, 15) is 0 Å². The topological polar surface area (TPSA) is 32.5 Å². The van der Waals surface area contributed by atoms with Crippen molar-refractivity contribution in [3.63, 3.8) is 0 Å². The Bertz CT molecular complexity index is 458. The Labute approximate surface area is 130 Å². The average molecular weight is 289 g/mol. The fourth-order valence-corrected chi connectivity index (χ4v) is 3.34. The first-order valence-corrected chi connectivity index (χ1v) is 8.24. The lowest BCUT2D eigenvalue weighted by Crippen LogP contribution is -2.29. The van der Waals surface area contributed by atoms with Crippen LogP contribution >= 0.6 is 0 Å². The summed E-state index contributed by atoms with van der Waals surface area (Å²) in [7, 11) is 4.45. The number of hydrogen-bond acceptors (Lipinski definition) is 3. The second kappa shape index (κ2) is 7.28. The summed E-state index contributed by atoms with van der Waals surface area (Å²) in [4.78, 5) is 4.86. The second-order valence-electron chi connectivity index (χ2n) is 6.80. The zero-order valence-electron chi connectivity index (χ0n) is 14.1. The first kappa shape index (κ1) is 16.3. The largest absolute Gasteiger partial charge is 0.374 e. The molecule has 2 unspecified atom stereocenters. The van der Waals surface area contributed by atoms with Crippen molar-refractivity contribution in [2.24, 2.45) is 11.7 Å². The minimum absolute atomic E-state index is 0.261. The molecule has 1 aromatic carbocycles.